The summed E-state index contributed by atoms with van der Waals surface area (Å²) < 4.78 is 5.80. The number of halogens is 1. The third-order valence-corrected chi connectivity index (χ3v) is 3.83. The Morgan fingerprint density at radius 3 is 3.00 bits per heavy atom. The van der Waals surface area contributed by atoms with Gasteiger partial charge in [0.2, 0.25) is 0 Å². The van der Waals surface area contributed by atoms with E-state index in [1.807, 2.05) is 19.9 Å². The third kappa shape index (κ3) is 4.15. The summed E-state index contributed by atoms with van der Waals surface area (Å²) in [5.74, 6) is 2.55. The summed E-state index contributed by atoms with van der Waals surface area (Å²) in [6, 6.07) is 0. The van der Waals surface area contributed by atoms with Gasteiger partial charge in [-0.3, -0.25) is 4.79 Å². The fourth-order valence-corrected chi connectivity index (χ4v) is 2.62. The number of carbonyl (C=O) groups excluding carboxylic acids is 1. The Morgan fingerprint density at radius 2 is 2.44 bits per heavy atom. The second kappa shape index (κ2) is 6.40. The fourth-order valence-electron chi connectivity index (χ4n) is 1.94. The lowest BCUT2D eigenvalue weighted by atomic mass is 9.94. The van der Waals surface area contributed by atoms with Crippen molar-refractivity contribution in [2.24, 2.45) is 11.8 Å². The molecule has 3 nitrogen and oxygen atoms in total. The normalized spacial score (nSPS) is 26.9. The maximum atomic E-state index is 11.6. The van der Waals surface area contributed by atoms with Gasteiger partial charge in [0.25, 0.3) is 0 Å². The van der Waals surface area contributed by atoms with Crippen molar-refractivity contribution in [3.05, 3.63) is 10.6 Å². The number of aliphatic hydroxyl groups is 1. The summed E-state index contributed by atoms with van der Waals surface area (Å²) in [5.41, 5.74) is -1.02. The summed E-state index contributed by atoms with van der Waals surface area (Å²) in [7, 11) is 0. The van der Waals surface area contributed by atoms with Gasteiger partial charge < -0.3 is 9.84 Å². The molecule has 0 heterocycles. The molecular weight excluding hydrogens is 296 g/mol. The van der Waals surface area contributed by atoms with E-state index >= 15 is 0 Å². The van der Waals surface area contributed by atoms with Crippen LogP contribution in [0.4, 0.5) is 0 Å². The fraction of sp³-hybridized carbons (Fsp3) is 0.643. The van der Waals surface area contributed by atoms with E-state index in [9.17, 15) is 9.90 Å². The van der Waals surface area contributed by atoms with Crippen molar-refractivity contribution < 1.29 is 14.6 Å². The average Bonchev–Trinajstić information content (AvgIpc) is 2.52. The zero-order chi connectivity index (χ0) is 13.8. The van der Waals surface area contributed by atoms with Crippen LogP contribution in [-0.2, 0) is 9.53 Å². The highest BCUT2D eigenvalue weighted by Gasteiger charge is 2.38. The Balaban J connectivity index is 2.48. The predicted molar refractivity (Wildman–Crippen MR) is 73.9 cm³/mol. The molecule has 0 aliphatic heterocycles. The molecule has 0 saturated carbocycles. The third-order valence-electron chi connectivity index (χ3n) is 2.83. The minimum Gasteiger partial charge on any atom is -0.465 e. The van der Waals surface area contributed by atoms with Gasteiger partial charge in [-0.1, -0.05) is 35.9 Å². The second-order valence-corrected chi connectivity index (χ2v) is 6.03. The van der Waals surface area contributed by atoms with E-state index in [-0.39, 0.29) is 24.7 Å². The van der Waals surface area contributed by atoms with Gasteiger partial charge in [0.05, 0.1) is 13.0 Å². The largest absolute Gasteiger partial charge is 0.465 e. The molecule has 0 amide bonds. The topological polar surface area (TPSA) is 46.5 Å². The Morgan fingerprint density at radius 1 is 1.78 bits per heavy atom. The van der Waals surface area contributed by atoms with Crippen LogP contribution in [0.2, 0.25) is 0 Å². The van der Waals surface area contributed by atoms with E-state index in [1.165, 1.54) is 0 Å². The first-order chi connectivity index (χ1) is 8.37. The number of hydrogen-bond donors (Lipinski definition) is 1. The first-order valence-electron chi connectivity index (χ1n) is 6.06. The maximum absolute atomic E-state index is 11.6. The minimum absolute atomic E-state index is 0.0163. The number of terminal acetylenes is 1. The van der Waals surface area contributed by atoms with Gasteiger partial charge in [-0.15, -0.1) is 12.3 Å². The monoisotopic (exact) mass is 314 g/mol. The highest BCUT2D eigenvalue weighted by molar-refractivity contribution is 9.11. The van der Waals surface area contributed by atoms with E-state index in [1.54, 1.807) is 0 Å². The summed E-state index contributed by atoms with van der Waals surface area (Å²) in [6.07, 6.45) is 8.09. The van der Waals surface area contributed by atoms with Gasteiger partial charge in [0.15, 0.2) is 0 Å². The van der Waals surface area contributed by atoms with Crippen molar-refractivity contribution in [3.63, 3.8) is 0 Å². The van der Waals surface area contributed by atoms with E-state index in [4.69, 9.17) is 11.2 Å². The van der Waals surface area contributed by atoms with Gasteiger partial charge >= 0.3 is 5.97 Å². The van der Waals surface area contributed by atoms with Crippen LogP contribution in [-0.4, -0.2) is 23.3 Å². The number of allylic oxidation sites excluding steroid dienone is 1. The lowest BCUT2D eigenvalue weighted by Crippen LogP contribution is -2.26. The minimum atomic E-state index is -1.02. The van der Waals surface area contributed by atoms with Crippen LogP contribution < -0.4 is 0 Å². The highest BCUT2D eigenvalue weighted by atomic mass is 79.9. The van der Waals surface area contributed by atoms with Crippen LogP contribution >= 0.6 is 15.9 Å². The smallest absolute Gasteiger partial charge is 0.306 e. The number of esters is 1. The molecule has 1 aliphatic rings. The van der Waals surface area contributed by atoms with E-state index in [2.05, 4.69) is 21.9 Å². The molecule has 0 radical (unpaired) electrons. The van der Waals surface area contributed by atoms with Gasteiger partial charge in [0, 0.05) is 10.9 Å². The van der Waals surface area contributed by atoms with Crippen molar-refractivity contribution in [1.82, 2.24) is 0 Å². The standard InChI is InChI=1S/C14H19BrO3/c1-4-5-14(17)8-11(6-12(14)15)7-13(16)18-9-10(2)3/h1,6,10-11,17H,5,7-9H2,2-3H3. The van der Waals surface area contributed by atoms with Gasteiger partial charge in [-0.05, 0) is 18.3 Å². The highest BCUT2D eigenvalue weighted by Crippen LogP contribution is 2.41. The summed E-state index contributed by atoms with van der Waals surface area (Å²) in [5, 5.41) is 10.3. The van der Waals surface area contributed by atoms with Crippen molar-refractivity contribution in [1.29, 1.82) is 0 Å². The molecule has 0 fully saturated rings. The molecule has 1 N–H and O–H groups in total. The Hall–Kier alpha value is -0.790. The molecule has 0 bridgehead atoms. The molecule has 18 heavy (non-hydrogen) atoms. The van der Waals surface area contributed by atoms with Crippen molar-refractivity contribution in [2.45, 2.75) is 38.7 Å². The number of rotatable bonds is 5. The Labute approximate surface area is 117 Å². The van der Waals surface area contributed by atoms with E-state index < -0.39 is 5.60 Å². The second-order valence-electron chi connectivity index (χ2n) is 5.17. The molecule has 1 rings (SSSR count). The number of carbonyl (C=O) groups is 1. The van der Waals surface area contributed by atoms with Crippen molar-refractivity contribution in [2.75, 3.05) is 6.61 Å². The average molecular weight is 315 g/mol. The zero-order valence-electron chi connectivity index (χ0n) is 10.8. The molecule has 1 aliphatic carbocycles. The lowest BCUT2D eigenvalue weighted by Gasteiger charge is -2.21. The van der Waals surface area contributed by atoms with E-state index in [0.29, 0.717) is 23.4 Å². The van der Waals surface area contributed by atoms with Crippen LogP contribution in [0.15, 0.2) is 10.6 Å². The Kier molecular flexibility index (Phi) is 5.43. The van der Waals surface area contributed by atoms with Crippen molar-refractivity contribution >= 4 is 21.9 Å². The molecule has 2 unspecified atom stereocenters. The molecule has 4 heteroatoms. The summed E-state index contributed by atoms with van der Waals surface area (Å²) in [4.78, 5) is 11.6. The van der Waals surface area contributed by atoms with Gasteiger partial charge in [-0.2, -0.15) is 0 Å². The predicted octanol–water partition coefficient (Wildman–Crippen LogP) is 2.63. The maximum Gasteiger partial charge on any atom is 0.306 e. The first kappa shape index (κ1) is 15.3. The SMILES string of the molecule is C#CCC1(O)CC(CC(=O)OCC(C)C)C=C1Br. The van der Waals surface area contributed by atoms with Gasteiger partial charge in [-0.25, -0.2) is 0 Å². The zero-order valence-corrected chi connectivity index (χ0v) is 12.4. The Bertz CT molecular complexity index is 381. The molecule has 0 aromatic rings. The van der Waals surface area contributed by atoms with Crippen LogP contribution in [0.25, 0.3) is 0 Å². The summed E-state index contributed by atoms with van der Waals surface area (Å²) >= 11 is 3.32. The van der Waals surface area contributed by atoms with Crippen molar-refractivity contribution in [3.8, 4) is 12.3 Å². The molecule has 2 atom stereocenters. The summed E-state index contributed by atoms with van der Waals surface area (Å²) in [6.45, 7) is 4.42. The number of hydrogen-bond acceptors (Lipinski definition) is 3. The molecular formula is C14H19BrO3. The van der Waals surface area contributed by atoms with Crippen LogP contribution in [0.3, 0.4) is 0 Å². The molecule has 100 valence electrons. The molecule has 0 spiro atoms. The van der Waals surface area contributed by atoms with Crippen LogP contribution in [0, 0.1) is 24.2 Å². The van der Waals surface area contributed by atoms with Crippen LogP contribution in [0.1, 0.15) is 33.1 Å². The van der Waals surface area contributed by atoms with E-state index in [0.717, 1.165) is 0 Å². The van der Waals surface area contributed by atoms with Gasteiger partial charge in [0.1, 0.15) is 5.60 Å². The lowest BCUT2D eigenvalue weighted by molar-refractivity contribution is -0.145. The first-order valence-corrected chi connectivity index (χ1v) is 6.86. The molecule has 0 saturated heterocycles. The van der Waals surface area contributed by atoms with Crippen LogP contribution in [0.5, 0.6) is 0 Å². The number of ether oxygens (including phenoxy) is 1. The molecule has 0 aromatic carbocycles. The molecule has 0 aromatic heterocycles. The quantitative estimate of drug-likeness (QED) is 0.627.